The standard InChI is InChI=1S/C33H52O4/c1-5-9-15-26-19-13-20-27(16-10-6-2)30(26)32(33(23-34,24-35)25-36)37-31-28(17-11-7-3)21-14-22-29(31)18-12-8-4/h13-14,19-22,32,34-36H,5-12,15-18,23-25H2,1-4H3. The molecule has 0 aliphatic rings. The Morgan fingerprint density at radius 2 is 0.946 bits per heavy atom. The molecule has 2 rings (SSSR count). The molecule has 1 unspecified atom stereocenters. The number of aryl methyl sites for hydroxylation is 4. The van der Waals surface area contributed by atoms with Gasteiger partial charge in [-0.3, -0.25) is 0 Å². The third kappa shape index (κ3) is 8.30. The molecule has 1 atom stereocenters. The fourth-order valence-corrected chi connectivity index (χ4v) is 5.10. The zero-order valence-electron chi connectivity index (χ0n) is 23.9. The normalized spacial score (nSPS) is 12.6. The Morgan fingerprint density at radius 1 is 0.595 bits per heavy atom. The van der Waals surface area contributed by atoms with Crippen LogP contribution in [0.15, 0.2) is 36.4 Å². The molecule has 0 aromatic heterocycles. The van der Waals surface area contributed by atoms with E-state index in [9.17, 15) is 15.3 Å². The number of hydrogen-bond acceptors (Lipinski definition) is 4. The fourth-order valence-electron chi connectivity index (χ4n) is 5.10. The van der Waals surface area contributed by atoms with Crippen LogP contribution < -0.4 is 4.74 Å². The van der Waals surface area contributed by atoms with Gasteiger partial charge in [0.15, 0.2) is 0 Å². The van der Waals surface area contributed by atoms with E-state index < -0.39 is 11.5 Å². The van der Waals surface area contributed by atoms with Gasteiger partial charge in [-0.15, -0.1) is 0 Å². The van der Waals surface area contributed by atoms with E-state index in [1.165, 1.54) is 22.3 Å². The highest BCUT2D eigenvalue weighted by Gasteiger charge is 2.43. The van der Waals surface area contributed by atoms with E-state index in [1.54, 1.807) is 0 Å². The van der Waals surface area contributed by atoms with Gasteiger partial charge in [-0.05, 0) is 79.2 Å². The van der Waals surface area contributed by atoms with Crippen molar-refractivity contribution in [3.63, 3.8) is 0 Å². The minimum Gasteiger partial charge on any atom is -0.484 e. The predicted molar refractivity (Wildman–Crippen MR) is 154 cm³/mol. The smallest absolute Gasteiger partial charge is 0.136 e. The summed E-state index contributed by atoms with van der Waals surface area (Å²) in [6, 6.07) is 12.9. The summed E-state index contributed by atoms with van der Waals surface area (Å²) in [5.41, 5.74) is 4.58. The van der Waals surface area contributed by atoms with Gasteiger partial charge >= 0.3 is 0 Å². The topological polar surface area (TPSA) is 69.9 Å². The molecular formula is C33H52O4. The van der Waals surface area contributed by atoms with Crippen LogP contribution >= 0.6 is 0 Å². The van der Waals surface area contributed by atoms with Gasteiger partial charge in [-0.2, -0.15) is 0 Å². The Balaban J connectivity index is 2.78. The lowest BCUT2D eigenvalue weighted by molar-refractivity contribution is -0.0753. The van der Waals surface area contributed by atoms with E-state index in [0.29, 0.717) is 0 Å². The van der Waals surface area contributed by atoms with Gasteiger partial charge in [0, 0.05) is 0 Å². The van der Waals surface area contributed by atoms with Crippen LogP contribution in [-0.2, 0) is 25.7 Å². The lowest BCUT2D eigenvalue weighted by Crippen LogP contribution is -2.43. The molecule has 0 heterocycles. The first-order valence-electron chi connectivity index (χ1n) is 14.8. The lowest BCUT2D eigenvalue weighted by Gasteiger charge is -2.39. The molecule has 0 aliphatic carbocycles. The SMILES string of the molecule is CCCCc1cccc(CCCC)c1OC(c1c(CCCC)cccc1CCCC)C(CO)(CO)CO. The maximum absolute atomic E-state index is 10.6. The van der Waals surface area contributed by atoms with Gasteiger partial charge in [-0.1, -0.05) is 89.8 Å². The third-order valence-corrected chi connectivity index (χ3v) is 7.66. The second kappa shape index (κ2) is 16.9. The second-order valence-corrected chi connectivity index (χ2v) is 10.6. The highest BCUT2D eigenvalue weighted by atomic mass is 16.5. The van der Waals surface area contributed by atoms with Crippen LogP contribution in [0.1, 0.15) is 113 Å². The Hall–Kier alpha value is -1.88. The molecule has 0 bridgehead atoms. The average Bonchev–Trinajstić information content (AvgIpc) is 2.93. The van der Waals surface area contributed by atoms with Crippen molar-refractivity contribution in [2.24, 2.45) is 5.41 Å². The van der Waals surface area contributed by atoms with Crippen LogP contribution in [0, 0.1) is 5.41 Å². The van der Waals surface area contributed by atoms with Crippen molar-refractivity contribution in [3.8, 4) is 5.75 Å². The van der Waals surface area contributed by atoms with Gasteiger partial charge in [0.1, 0.15) is 11.9 Å². The molecular weight excluding hydrogens is 460 g/mol. The van der Waals surface area contributed by atoms with E-state index in [-0.39, 0.29) is 19.8 Å². The van der Waals surface area contributed by atoms with Crippen LogP contribution in [-0.4, -0.2) is 35.1 Å². The first kappa shape index (κ1) is 31.3. The third-order valence-electron chi connectivity index (χ3n) is 7.66. The molecule has 208 valence electrons. The van der Waals surface area contributed by atoms with Crippen molar-refractivity contribution in [3.05, 3.63) is 64.2 Å². The van der Waals surface area contributed by atoms with Crippen LogP contribution in [0.3, 0.4) is 0 Å². The largest absolute Gasteiger partial charge is 0.484 e. The van der Waals surface area contributed by atoms with Gasteiger partial charge in [0.2, 0.25) is 0 Å². The maximum atomic E-state index is 10.6. The summed E-state index contributed by atoms with van der Waals surface area (Å²) in [4.78, 5) is 0. The molecule has 3 N–H and O–H groups in total. The number of hydrogen-bond donors (Lipinski definition) is 3. The number of ether oxygens (including phenoxy) is 1. The Bertz CT molecular complexity index is 842. The van der Waals surface area contributed by atoms with E-state index in [2.05, 4.69) is 64.1 Å². The molecule has 0 spiro atoms. The predicted octanol–water partition coefficient (Wildman–Crippen LogP) is 7.14. The van der Waals surface area contributed by atoms with Gasteiger partial charge in [0.05, 0.1) is 25.2 Å². The van der Waals surface area contributed by atoms with Gasteiger partial charge in [-0.25, -0.2) is 0 Å². The first-order chi connectivity index (χ1) is 18.0. The van der Waals surface area contributed by atoms with Gasteiger partial charge in [0.25, 0.3) is 0 Å². The van der Waals surface area contributed by atoms with Crippen molar-refractivity contribution in [1.29, 1.82) is 0 Å². The molecule has 0 saturated heterocycles. The first-order valence-corrected chi connectivity index (χ1v) is 14.8. The van der Waals surface area contributed by atoms with E-state index in [1.807, 2.05) is 0 Å². The molecule has 0 saturated carbocycles. The monoisotopic (exact) mass is 512 g/mol. The molecule has 0 fully saturated rings. The number of aliphatic hydroxyl groups excluding tert-OH is 3. The van der Waals surface area contributed by atoms with E-state index in [4.69, 9.17) is 4.74 Å². The summed E-state index contributed by atoms with van der Waals surface area (Å²) in [6.45, 7) is 7.70. The number of para-hydroxylation sites is 1. The zero-order chi connectivity index (χ0) is 27.1. The number of rotatable bonds is 19. The molecule has 2 aromatic carbocycles. The molecule has 4 heteroatoms. The maximum Gasteiger partial charge on any atom is 0.136 e. The summed E-state index contributed by atoms with van der Waals surface area (Å²) in [5.74, 6) is 0.876. The lowest BCUT2D eigenvalue weighted by atomic mass is 9.76. The quantitative estimate of drug-likeness (QED) is 0.187. The number of aliphatic hydroxyl groups is 3. The Labute approximate surface area is 226 Å². The second-order valence-electron chi connectivity index (χ2n) is 10.6. The minimum atomic E-state index is -1.21. The zero-order valence-corrected chi connectivity index (χ0v) is 23.9. The minimum absolute atomic E-state index is 0.360. The molecule has 4 nitrogen and oxygen atoms in total. The molecule has 0 amide bonds. The van der Waals surface area contributed by atoms with Crippen LogP contribution in [0.4, 0.5) is 0 Å². The Morgan fingerprint density at radius 3 is 1.30 bits per heavy atom. The van der Waals surface area contributed by atoms with E-state index in [0.717, 1.165) is 88.4 Å². The van der Waals surface area contributed by atoms with Crippen LogP contribution in [0.25, 0.3) is 0 Å². The van der Waals surface area contributed by atoms with E-state index >= 15 is 0 Å². The number of unbranched alkanes of at least 4 members (excludes halogenated alkanes) is 4. The summed E-state index contributed by atoms with van der Waals surface area (Å²) in [5, 5.41) is 31.9. The molecule has 37 heavy (non-hydrogen) atoms. The van der Waals surface area contributed by atoms with Crippen LogP contribution in [0.5, 0.6) is 5.75 Å². The van der Waals surface area contributed by atoms with Crippen molar-refractivity contribution in [2.45, 2.75) is 111 Å². The van der Waals surface area contributed by atoms with Crippen molar-refractivity contribution >= 4 is 0 Å². The summed E-state index contributed by atoms with van der Waals surface area (Å²) >= 11 is 0. The summed E-state index contributed by atoms with van der Waals surface area (Å²) in [6.07, 6.45) is 11.6. The highest BCUT2D eigenvalue weighted by Crippen LogP contribution is 2.43. The fraction of sp³-hybridized carbons (Fsp3) is 0.636. The molecule has 2 aromatic rings. The molecule has 0 radical (unpaired) electrons. The van der Waals surface area contributed by atoms with Gasteiger partial charge < -0.3 is 20.1 Å². The van der Waals surface area contributed by atoms with Crippen molar-refractivity contribution in [1.82, 2.24) is 0 Å². The summed E-state index contributed by atoms with van der Waals surface area (Å²) in [7, 11) is 0. The summed E-state index contributed by atoms with van der Waals surface area (Å²) < 4.78 is 7.06. The molecule has 0 aliphatic heterocycles. The van der Waals surface area contributed by atoms with Crippen molar-refractivity contribution < 1.29 is 20.1 Å². The highest BCUT2D eigenvalue weighted by molar-refractivity contribution is 5.45. The van der Waals surface area contributed by atoms with Crippen LogP contribution in [0.2, 0.25) is 0 Å². The number of benzene rings is 2. The average molecular weight is 513 g/mol. The Kier molecular flexibility index (Phi) is 14.3. The van der Waals surface area contributed by atoms with Crippen molar-refractivity contribution in [2.75, 3.05) is 19.8 Å².